The second kappa shape index (κ2) is 9.37. The van der Waals surface area contributed by atoms with Crippen molar-refractivity contribution in [3.63, 3.8) is 0 Å². The molecule has 24 heavy (non-hydrogen) atoms. The Morgan fingerprint density at radius 3 is 2.17 bits per heavy atom. The van der Waals surface area contributed by atoms with Crippen LogP contribution in [0.4, 0.5) is 15.3 Å². The van der Waals surface area contributed by atoms with Gasteiger partial charge in [-0.25, -0.2) is 9.59 Å². The van der Waals surface area contributed by atoms with Gasteiger partial charge < -0.3 is 21.3 Å². The smallest absolute Gasteiger partial charge is 0.319 e. The van der Waals surface area contributed by atoms with Gasteiger partial charge in [-0.15, -0.1) is 0 Å². The highest BCUT2D eigenvalue weighted by Gasteiger charge is 2.21. The molecule has 6 nitrogen and oxygen atoms in total. The first-order valence-electron chi connectivity index (χ1n) is 8.33. The fraction of sp³-hybridized carbons (Fsp3) is 0.529. The highest BCUT2D eigenvalue weighted by Crippen LogP contribution is 2.27. The summed E-state index contributed by atoms with van der Waals surface area (Å²) in [7, 11) is 1.62. The molecular formula is C17H25ClN4O2. The summed E-state index contributed by atoms with van der Waals surface area (Å²) in [5.74, 6) is 1.02. The van der Waals surface area contributed by atoms with Gasteiger partial charge >= 0.3 is 12.1 Å². The van der Waals surface area contributed by atoms with Crippen molar-refractivity contribution in [1.29, 1.82) is 0 Å². The van der Waals surface area contributed by atoms with Crippen LogP contribution in [0.25, 0.3) is 0 Å². The zero-order chi connectivity index (χ0) is 17.4. The third kappa shape index (κ3) is 6.28. The van der Waals surface area contributed by atoms with E-state index in [-0.39, 0.29) is 12.1 Å². The van der Waals surface area contributed by atoms with Crippen LogP contribution in [0.2, 0.25) is 5.02 Å². The minimum absolute atomic E-state index is 0.128. The monoisotopic (exact) mass is 352 g/mol. The zero-order valence-corrected chi connectivity index (χ0v) is 14.7. The van der Waals surface area contributed by atoms with Gasteiger partial charge in [-0.3, -0.25) is 0 Å². The van der Waals surface area contributed by atoms with E-state index in [0.717, 1.165) is 32.2 Å². The Bertz CT molecular complexity index is 559. The molecule has 0 bridgehead atoms. The highest BCUT2D eigenvalue weighted by molar-refractivity contribution is 6.30. The van der Waals surface area contributed by atoms with Gasteiger partial charge in [-0.1, -0.05) is 17.7 Å². The summed E-state index contributed by atoms with van der Waals surface area (Å²) in [5.41, 5.74) is 0.684. The normalized spacial score (nSPS) is 20.1. The third-order valence-electron chi connectivity index (χ3n) is 4.38. The van der Waals surface area contributed by atoms with Crippen molar-refractivity contribution < 1.29 is 9.59 Å². The maximum atomic E-state index is 11.9. The molecule has 0 aliphatic heterocycles. The molecule has 4 amide bonds. The van der Waals surface area contributed by atoms with Crippen LogP contribution in [0, 0.1) is 11.8 Å². The molecule has 1 fully saturated rings. The van der Waals surface area contributed by atoms with Crippen LogP contribution in [-0.4, -0.2) is 32.2 Å². The predicted molar refractivity (Wildman–Crippen MR) is 96.4 cm³/mol. The topological polar surface area (TPSA) is 82.3 Å². The van der Waals surface area contributed by atoms with E-state index in [0.29, 0.717) is 29.1 Å². The molecule has 0 heterocycles. The summed E-state index contributed by atoms with van der Waals surface area (Å²) < 4.78 is 0. The van der Waals surface area contributed by atoms with Crippen molar-refractivity contribution in [3.05, 3.63) is 29.3 Å². The molecule has 1 aliphatic rings. The van der Waals surface area contributed by atoms with E-state index in [4.69, 9.17) is 11.6 Å². The average molecular weight is 353 g/mol. The molecule has 0 atom stereocenters. The fourth-order valence-electron chi connectivity index (χ4n) is 2.94. The van der Waals surface area contributed by atoms with E-state index >= 15 is 0 Å². The standard InChI is InChI=1S/C17H25ClN4O2/c1-19-16(23)20-10-12-5-7-13(8-6-12)11-21-17(24)22-15-4-2-3-14(18)9-15/h2-4,9,12-13H,5-8,10-11H2,1H3,(H2,19,20,23)(H2,21,22,24). The number of halogens is 1. The van der Waals surface area contributed by atoms with Gasteiger partial charge in [-0.05, 0) is 55.7 Å². The van der Waals surface area contributed by atoms with Crippen molar-refractivity contribution in [2.45, 2.75) is 25.7 Å². The summed E-state index contributed by atoms with van der Waals surface area (Å²) in [6, 6.07) is 6.74. The summed E-state index contributed by atoms with van der Waals surface area (Å²) in [4.78, 5) is 23.1. The summed E-state index contributed by atoms with van der Waals surface area (Å²) in [6.07, 6.45) is 4.29. The lowest BCUT2D eigenvalue weighted by Crippen LogP contribution is -2.38. The Morgan fingerprint density at radius 1 is 1.04 bits per heavy atom. The number of hydrogen-bond acceptors (Lipinski definition) is 2. The van der Waals surface area contributed by atoms with Crippen molar-refractivity contribution >= 4 is 29.4 Å². The van der Waals surface area contributed by atoms with E-state index in [1.165, 1.54) is 0 Å². The molecule has 4 N–H and O–H groups in total. The minimum atomic E-state index is -0.208. The van der Waals surface area contributed by atoms with E-state index in [1.807, 2.05) is 0 Å². The molecule has 132 valence electrons. The van der Waals surface area contributed by atoms with Crippen molar-refractivity contribution in [1.82, 2.24) is 16.0 Å². The number of benzene rings is 1. The Labute approximate surface area is 147 Å². The number of hydrogen-bond donors (Lipinski definition) is 4. The summed E-state index contributed by atoms with van der Waals surface area (Å²) in [5, 5.41) is 11.7. The van der Waals surface area contributed by atoms with Gasteiger partial charge in [0.05, 0.1) is 0 Å². The minimum Gasteiger partial charge on any atom is -0.341 e. The lowest BCUT2D eigenvalue weighted by molar-refractivity contribution is 0.228. The van der Waals surface area contributed by atoms with E-state index in [1.54, 1.807) is 31.3 Å². The molecule has 0 saturated heterocycles. The molecule has 0 spiro atoms. The van der Waals surface area contributed by atoms with Crippen LogP contribution < -0.4 is 21.3 Å². The number of urea groups is 2. The van der Waals surface area contributed by atoms with Crippen molar-refractivity contribution in [3.8, 4) is 0 Å². The number of rotatable bonds is 5. The van der Waals surface area contributed by atoms with Crippen molar-refractivity contribution in [2.24, 2.45) is 11.8 Å². The molecule has 1 aromatic rings. The van der Waals surface area contributed by atoms with Gasteiger partial charge in [0.2, 0.25) is 0 Å². The van der Waals surface area contributed by atoms with Crippen LogP contribution in [0.15, 0.2) is 24.3 Å². The van der Waals surface area contributed by atoms with Gasteiger partial charge in [0.1, 0.15) is 0 Å². The molecule has 0 aromatic heterocycles. The van der Waals surface area contributed by atoms with E-state index in [2.05, 4.69) is 21.3 Å². The molecule has 7 heteroatoms. The number of carbonyl (C=O) groups excluding carboxylic acids is 2. The van der Waals surface area contributed by atoms with Gasteiger partial charge in [0, 0.05) is 30.8 Å². The predicted octanol–water partition coefficient (Wildman–Crippen LogP) is 3.20. The first-order chi connectivity index (χ1) is 11.6. The summed E-state index contributed by atoms with van der Waals surface area (Å²) >= 11 is 5.89. The van der Waals surface area contributed by atoms with E-state index in [9.17, 15) is 9.59 Å². The maximum absolute atomic E-state index is 11.9. The highest BCUT2D eigenvalue weighted by atomic mass is 35.5. The molecule has 2 rings (SSSR count). The van der Waals surface area contributed by atoms with Gasteiger partial charge in [-0.2, -0.15) is 0 Å². The Morgan fingerprint density at radius 2 is 1.62 bits per heavy atom. The largest absolute Gasteiger partial charge is 0.341 e. The first-order valence-corrected chi connectivity index (χ1v) is 8.70. The molecular weight excluding hydrogens is 328 g/mol. The van der Waals surface area contributed by atoms with Gasteiger partial charge in [0.15, 0.2) is 0 Å². The second-order valence-electron chi connectivity index (χ2n) is 6.19. The SMILES string of the molecule is CNC(=O)NCC1CCC(CNC(=O)Nc2cccc(Cl)c2)CC1. The zero-order valence-electron chi connectivity index (χ0n) is 13.9. The number of amides is 4. The van der Waals surface area contributed by atoms with Crippen LogP contribution in [-0.2, 0) is 0 Å². The lowest BCUT2D eigenvalue weighted by atomic mass is 9.82. The quantitative estimate of drug-likeness (QED) is 0.656. The van der Waals surface area contributed by atoms with Crippen LogP contribution in [0.3, 0.4) is 0 Å². The van der Waals surface area contributed by atoms with Crippen LogP contribution in [0.1, 0.15) is 25.7 Å². The van der Waals surface area contributed by atoms with Crippen LogP contribution in [0.5, 0.6) is 0 Å². The van der Waals surface area contributed by atoms with E-state index < -0.39 is 0 Å². The first kappa shape index (κ1) is 18.4. The maximum Gasteiger partial charge on any atom is 0.319 e. The lowest BCUT2D eigenvalue weighted by Gasteiger charge is -2.28. The summed E-state index contributed by atoms with van der Waals surface area (Å²) in [6.45, 7) is 1.39. The number of anilines is 1. The Balaban J connectivity index is 1.63. The third-order valence-corrected chi connectivity index (χ3v) is 4.61. The molecule has 1 aliphatic carbocycles. The molecule has 1 aromatic carbocycles. The van der Waals surface area contributed by atoms with Gasteiger partial charge in [0.25, 0.3) is 0 Å². The fourth-order valence-corrected chi connectivity index (χ4v) is 3.13. The molecule has 1 saturated carbocycles. The second-order valence-corrected chi connectivity index (χ2v) is 6.63. The number of carbonyl (C=O) groups is 2. The number of nitrogens with one attached hydrogen (secondary N) is 4. The van der Waals surface area contributed by atoms with Crippen molar-refractivity contribution in [2.75, 3.05) is 25.5 Å². The van der Waals surface area contributed by atoms with Crippen LogP contribution >= 0.6 is 11.6 Å². The molecule has 0 unspecified atom stereocenters. The Kier molecular flexibility index (Phi) is 7.18. The average Bonchev–Trinajstić information content (AvgIpc) is 2.58. The Hall–Kier alpha value is -1.95. The molecule has 0 radical (unpaired) electrons.